The third kappa shape index (κ3) is 3.25. The van der Waals surface area contributed by atoms with E-state index in [9.17, 15) is 4.79 Å². The number of carbonyl (C=O) groups excluding carboxylic acids is 1. The Balaban J connectivity index is 1.53. The van der Waals surface area contributed by atoms with Gasteiger partial charge in [-0.25, -0.2) is 0 Å². The summed E-state index contributed by atoms with van der Waals surface area (Å²) in [6.07, 6.45) is 1.76. The summed E-state index contributed by atoms with van der Waals surface area (Å²) in [6, 6.07) is 2.52. The van der Waals surface area contributed by atoms with Crippen LogP contribution in [0.25, 0.3) is 0 Å². The first-order chi connectivity index (χ1) is 11.8. The molecule has 6 heteroatoms. The van der Waals surface area contributed by atoms with Crippen LogP contribution in [0.1, 0.15) is 44.6 Å². The van der Waals surface area contributed by atoms with E-state index in [-0.39, 0.29) is 17.4 Å². The smallest absolute Gasteiger partial charge is 0.240 e. The standard InChI is InChI=1S/C19H31N3O2S/c1-5-24-16-10-19(20,18(16,3)4)17(23)21-11-13(2)22-8-6-15-14(12-22)7-9-25-15/h7,9,13,16H,5-6,8,10-12,20H2,1-4H3,(H,21,23). The number of amides is 1. The van der Waals surface area contributed by atoms with Gasteiger partial charge in [-0.15, -0.1) is 11.3 Å². The molecule has 1 aromatic heterocycles. The molecular weight excluding hydrogens is 334 g/mol. The van der Waals surface area contributed by atoms with E-state index in [1.165, 1.54) is 10.4 Å². The highest BCUT2D eigenvalue weighted by Gasteiger charge is 2.62. The second-order valence-electron chi connectivity index (χ2n) is 7.99. The number of ether oxygens (including phenoxy) is 1. The van der Waals surface area contributed by atoms with Crippen LogP contribution in [0.2, 0.25) is 0 Å². The van der Waals surface area contributed by atoms with Gasteiger partial charge in [0.2, 0.25) is 5.91 Å². The van der Waals surface area contributed by atoms with Gasteiger partial charge in [-0.2, -0.15) is 0 Å². The molecule has 1 saturated carbocycles. The fourth-order valence-corrected chi connectivity index (χ4v) is 4.88. The number of nitrogens with two attached hydrogens (primary N) is 1. The van der Waals surface area contributed by atoms with E-state index in [2.05, 4.69) is 28.6 Å². The Morgan fingerprint density at radius 3 is 3.00 bits per heavy atom. The lowest BCUT2D eigenvalue weighted by atomic mass is 9.54. The molecule has 3 atom stereocenters. The Hall–Kier alpha value is -0.950. The molecular formula is C19H31N3O2S. The van der Waals surface area contributed by atoms with Crippen LogP contribution in [0.4, 0.5) is 0 Å². The minimum Gasteiger partial charge on any atom is -0.378 e. The minimum atomic E-state index is -0.838. The van der Waals surface area contributed by atoms with Crippen molar-refractivity contribution in [2.45, 2.75) is 64.8 Å². The topological polar surface area (TPSA) is 67.6 Å². The first kappa shape index (κ1) is 18.8. The summed E-state index contributed by atoms with van der Waals surface area (Å²) in [5.74, 6) is -0.0477. The molecule has 0 spiro atoms. The molecule has 1 aliphatic carbocycles. The second kappa shape index (κ2) is 6.99. The van der Waals surface area contributed by atoms with Gasteiger partial charge in [0.1, 0.15) is 5.54 Å². The summed E-state index contributed by atoms with van der Waals surface area (Å²) in [4.78, 5) is 16.7. The molecule has 1 amide bonds. The monoisotopic (exact) mass is 365 g/mol. The quantitative estimate of drug-likeness (QED) is 0.810. The Morgan fingerprint density at radius 2 is 2.32 bits per heavy atom. The molecule has 0 aromatic carbocycles. The normalized spacial score (nSPS) is 29.6. The van der Waals surface area contributed by atoms with E-state index in [4.69, 9.17) is 10.5 Å². The van der Waals surface area contributed by atoms with Crippen molar-refractivity contribution in [2.24, 2.45) is 11.1 Å². The van der Waals surface area contributed by atoms with Crippen molar-refractivity contribution in [2.75, 3.05) is 19.7 Å². The van der Waals surface area contributed by atoms with Crippen molar-refractivity contribution in [1.82, 2.24) is 10.2 Å². The zero-order chi connectivity index (χ0) is 18.2. The number of hydrogen-bond donors (Lipinski definition) is 2. The molecule has 1 aliphatic heterocycles. The molecule has 3 unspecified atom stereocenters. The van der Waals surface area contributed by atoms with Crippen molar-refractivity contribution in [1.29, 1.82) is 0 Å². The van der Waals surface area contributed by atoms with E-state index in [1.54, 1.807) is 0 Å². The zero-order valence-electron chi connectivity index (χ0n) is 15.8. The lowest BCUT2D eigenvalue weighted by Crippen LogP contribution is -2.76. The molecule has 25 heavy (non-hydrogen) atoms. The average Bonchev–Trinajstić information content (AvgIpc) is 3.06. The number of thiophene rings is 1. The van der Waals surface area contributed by atoms with E-state index in [0.29, 0.717) is 25.6 Å². The van der Waals surface area contributed by atoms with E-state index in [0.717, 1.165) is 19.5 Å². The molecule has 1 fully saturated rings. The van der Waals surface area contributed by atoms with Gasteiger partial charge < -0.3 is 15.8 Å². The summed E-state index contributed by atoms with van der Waals surface area (Å²) >= 11 is 1.85. The van der Waals surface area contributed by atoms with Gasteiger partial charge in [0.25, 0.3) is 0 Å². The summed E-state index contributed by atoms with van der Waals surface area (Å²) in [5.41, 5.74) is 6.71. The molecule has 140 valence electrons. The lowest BCUT2D eigenvalue weighted by Gasteiger charge is -2.57. The molecule has 2 aliphatic rings. The highest BCUT2D eigenvalue weighted by atomic mass is 32.1. The van der Waals surface area contributed by atoms with Crippen LogP contribution in [-0.2, 0) is 22.5 Å². The van der Waals surface area contributed by atoms with Gasteiger partial charge in [0, 0.05) is 49.0 Å². The molecule has 3 rings (SSSR count). The largest absolute Gasteiger partial charge is 0.378 e. The third-order valence-corrected chi connectivity index (χ3v) is 7.28. The maximum atomic E-state index is 12.7. The Kier molecular flexibility index (Phi) is 5.26. The average molecular weight is 366 g/mol. The van der Waals surface area contributed by atoms with Gasteiger partial charge in [-0.1, -0.05) is 13.8 Å². The maximum absolute atomic E-state index is 12.7. The van der Waals surface area contributed by atoms with Crippen LogP contribution in [0.5, 0.6) is 0 Å². The molecule has 0 radical (unpaired) electrons. The van der Waals surface area contributed by atoms with Crippen LogP contribution in [0.15, 0.2) is 11.4 Å². The molecule has 0 bridgehead atoms. The van der Waals surface area contributed by atoms with Crippen LogP contribution >= 0.6 is 11.3 Å². The lowest BCUT2D eigenvalue weighted by molar-refractivity contribution is -0.170. The SMILES string of the molecule is CCOC1CC(N)(C(=O)NCC(C)N2CCc3sccc3C2)C1(C)C. The van der Waals surface area contributed by atoms with Crippen molar-refractivity contribution in [3.05, 3.63) is 21.9 Å². The summed E-state index contributed by atoms with van der Waals surface area (Å²) < 4.78 is 5.72. The van der Waals surface area contributed by atoms with Gasteiger partial charge in [0.15, 0.2) is 0 Å². The molecule has 3 N–H and O–H groups in total. The minimum absolute atomic E-state index is 0.0477. The number of fused-ring (bicyclic) bond motifs is 1. The van der Waals surface area contributed by atoms with Crippen LogP contribution in [0, 0.1) is 5.41 Å². The maximum Gasteiger partial charge on any atom is 0.240 e. The first-order valence-corrected chi connectivity index (χ1v) is 10.2. The van der Waals surface area contributed by atoms with Crippen LogP contribution < -0.4 is 11.1 Å². The van der Waals surface area contributed by atoms with Crippen LogP contribution in [-0.4, -0.2) is 48.2 Å². The third-order valence-electron chi connectivity index (χ3n) is 6.25. The van der Waals surface area contributed by atoms with Crippen LogP contribution in [0.3, 0.4) is 0 Å². The van der Waals surface area contributed by atoms with Gasteiger partial charge in [0.05, 0.1) is 6.10 Å². The molecule has 5 nitrogen and oxygen atoms in total. The van der Waals surface area contributed by atoms with Gasteiger partial charge in [-0.3, -0.25) is 9.69 Å². The first-order valence-electron chi connectivity index (χ1n) is 9.27. The van der Waals surface area contributed by atoms with E-state index in [1.807, 2.05) is 32.1 Å². The molecule has 1 aromatic rings. The van der Waals surface area contributed by atoms with E-state index < -0.39 is 5.54 Å². The fourth-order valence-electron chi connectivity index (χ4n) is 3.99. The second-order valence-corrected chi connectivity index (χ2v) is 8.99. The highest BCUT2D eigenvalue weighted by molar-refractivity contribution is 7.10. The predicted molar refractivity (Wildman–Crippen MR) is 102 cm³/mol. The van der Waals surface area contributed by atoms with Crippen molar-refractivity contribution in [3.63, 3.8) is 0 Å². The number of carbonyl (C=O) groups is 1. The van der Waals surface area contributed by atoms with Crippen molar-refractivity contribution in [3.8, 4) is 0 Å². The van der Waals surface area contributed by atoms with Gasteiger partial charge >= 0.3 is 0 Å². The molecule has 0 saturated heterocycles. The zero-order valence-corrected chi connectivity index (χ0v) is 16.6. The number of hydrogen-bond acceptors (Lipinski definition) is 5. The van der Waals surface area contributed by atoms with Gasteiger partial charge in [-0.05, 0) is 37.3 Å². The summed E-state index contributed by atoms with van der Waals surface area (Å²) in [5, 5.41) is 5.27. The number of nitrogens with zero attached hydrogens (tertiary/aromatic N) is 1. The Morgan fingerprint density at radius 1 is 1.56 bits per heavy atom. The van der Waals surface area contributed by atoms with Crippen molar-refractivity contribution < 1.29 is 9.53 Å². The predicted octanol–water partition coefficient (Wildman–Crippen LogP) is 2.14. The Bertz CT molecular complexity index is 630. The fraction of sp³-hybridized carbons (Fsp3) is 0.737. The van der Waals surface area contributed by atoms with Crippen molar-refractivity contribution >= 4 is 17.2 Å². The summed E-state index contributed by atoms with van der Waals surface area (Å²) in [6.45, 7) is 11.5. The highest BCUT2D eigenvalue weighted by Crippen LogP contribution is 2.49. The number of rotatable bonds is 6. The summed E-state index contributed by atoms with van der Waals surface area (Å²) in [7, 11) is 0. The molecule has 2 heterocycles. The van der Waals surface area contributed by atoms with E-state index >= 15 is 0 Å². The number of nitrogens with one attached hydrogen (secondary N) is 1. The Labute approximate surface area is 154 Å².